The van der Waals surface area contributed by atoms with Crippen LogP contribution in [-0.2, 0) is 4.79 Å². The smallest absolute Gasteiger partial charge is 0.259 e. The van der Waals surface area contributed by atoms with E-state index in [0.717, 1.165) is 0 Å². The molecule has 25 heavy (non-hydrogen) atoms. The third kappa shape index (κ3) is 5.98. The van der Waals surface area contributed by atoms with Crippen LogP contribution in [0, 0.1) is 0 Å². The number of rotatable bonds is 7. The number of hydrogen-bond acceptors (Lipinski definition) is 5. The van der Waals surface area contributed by atoms with Crippen LogP contribution < -0.4 is 15.5 Å². The molecule has 2 aromatic carbocycles. The van der Waals surface area contributed by atoms with Gasteiger partial charge in [-0.15, -0.1) is 0 Å². The number of phenolic OH excluding ortho intramolecular Hbond substituents is 1. The monoisotopic (exact) mass is 341 g/mol. The highest BCUT2D eigenvalue weighted by Gasteiger charge is 2.07. The standard InChI is InChI=1S/C18H19N3O4/c1-2-25-16-8-6-14(7-9-16)18(24)19-12-17(23)21-20-11-13-4-3-5-15(22)10-13/h3-11,22H,2,12H2,1H3,(H,19,24)(H,21,23)/b20-11+. The molecule has 7 nitrogen and oxygen atoms in total. The molecule has 2 amide bonds. The summed E-state index contributed by atoms with van der Waals surface area (Å²) in [6.45, 7) is 2.22. The fourth-order valence-corrected chi connectivity index (χ4v) is 1.96. The second-order valence-corrected chi connectivity index (χ2v) is 5.03. The molecule has 130 valence electrons. The van der Waals surface area contributed by atoms with Gasteiger partial charge in [0.15, 0.2) is 0 Å². The number of nitrogens with zero attached hydrogens (tertiary/aromatic N) is 1. The van der Waals surface area contributed by atoms with E-state index in [1.807, 2.05) is 6.92 Å². The van der Waals surface area contributed by atoms with Crippen molar-refractivity contribution in [2.45, 2.75) is 6.92 Å². The van der Waals surface area contributed by atoms with Crippen molar-refractivity contribution in [1.82, 2.24) is 10.7 Å². The first kappa shape index (κ1) is 18.0. The fourth-order valence-electron chi connectivity index (χ4n) is 1.96. The zero-order chi connectivity index (χ0) is 18.1. The van der Waals surface area contributed by atoms with Gasteiger partial charge in [0.05, 0.1) is 19.4 Å². The minimum atomic E-state index is -0.462. The lowest BCUT2D eigenvalue weighted by molar-refractivity contribution is -0.120. The zero-order valence-corrected chi connectivity index (χ0v) is 13.7. The van der Waals surface area contributed by atoms with E-state index < -0.39 is 5.91 Å². The summed E-state index contributed by atoms with van der Waals surface area (Å²) in [7, 11) is 0. The van der Waals surface area contributed by atoms with Gasteiger partial charge in [0.25, 0.3) is 11.8 Å². The van der Waals surface area contributed by atoms with E-state index in [-0.39, 0.29) is 18.2 Å². The Kier molecular flexibility index (Phi) is 6.53. The average Bonchev–Trinajstić information content (AvgIpc) is 2.61. The molecule has 3 N–H and O–H groups in total. The molecule has 0 fully saturated rings. The van der Waals surface area contributed by atoms with Crippen molar-refractivity contribution in [3.8, 4) is 11.5 Å². The predicted molar refractivity (Wildman–Crippen MR) is 93.8 cm³/mol. The number of amides is 2. The van der Waals surface area contributed by atoms with Crippen LogP contribution in [0.5, 0.6) is 11.5 Å². The highest BCUT2D eigenvalue weighted by atomic mass is 16.5. The molecule has 0 aliphatic heterocycles. The van der Waals surface area contributed by atoms with Gasteiger partial charge in [0.1, 0.15) is 11.5 Å². The maximum atomic E-state index is 12.0. The van der Waals surface area contributed by atoms with E-state index in [2.05, 4.69) is 15.8 Å². The molecule has 0 spiro atoms. The lowest BCUT2D eigenvalue weighted by atomic mass is 10.2. The molecule has 0 radical (unpaired) electrons. The second kappa shape index (κ2) is 9.07. The Bertz CT molecular complexity index is 757. The fraction of sp³-hybridized carbons (Fsp3) is 0.167. The van der Waals surface area contributed by atoms with Crippen molar-refractivity contribution in [3.05, 3.63) is 59.7 Å². The normalized spacial score (nSPS) is 10.4. The second-order valence-electron chi connectivity index (χ2n) is 5.03. The quantitative estimate of drug-likeness (QED) is 0.527. The van der Waals surface area contributed by atoms with Crippen molar-refractivity contribution < 1.29 is 19.4 Å². The number of carbonyl (C=O) groups is 2. The van der Waals surface area contributed by atoms with Crippen LogP contribution in [0.1, 0.15) is 22.8 Å². The Hall–Kier alpha value is -3.35. The number of aromatic hydroxyl groups is 1. The van der Waals surface area contributed by atoms with E-state index in [1.165, 1.54) is 18.3 Å². The summed E-state index contributed by atoms with van der Waals surface area (Å²) in [5.41, 5.74) is 3.37. The van der Waals surface area contributed by atoms with Crippen LogP contribution in [0.4, 0.5) is 0 Å². The van der Waals surface area contributed by atoms with E-state index in [9.17, 15) is 14.7 Å². The van der Waals surface area contributed by atoms with Crippen LogP contribution in [0.15, 0.2) is 53.6 Å². The Morgan fingerprint density at radius 2 is 1.96 bits per heavy atom. The summed E-state index contributed by atoms with van der Waals surface area (Å²) < 4.78 is 5.30. The topological polar surface area (TPSA) is 100 Å². The summed E-state index contributed by atoms with van der Waals surface area (Å²) in [5, 5.41) is 15.6. The molecule has 0 unspecified atom stereocenters. The Morgan fingerprint density at radius 1 is 1.20 bits per heavy atom. The number of carbonyl (C=O) groups excluding carboxylic acids is 2. The molecule has 0 atom stereocenters. The molecule has 0 aromatic heterocycles. The Morgan fingerprint density at radius 3 is 2.64 bits per heavy atom. The van der Waals surface area contributed by atoms with Crippen molar-refractivity contribution in [3.63, 3.8) is 0 Å². The number of benzene rings is 2. The predicted octanol–water partition coefficient (Wildman–Crippen LogP) is 1.67. The van der Waals surface area contributed by atoms with Gasteiger partial charge in [-0.3, -0.25) is 9.59 Å². The molecule has 2 rings (SSSR count). The molecule has 0 aliphatic carbocycles. The number of ether oxygens (including phenoxy) is 1. The van der Waals surface area contributed by atoms with Gasteiger partial charge in [0.2, 0.25) is 0 Å². The number of hydrogen-bond donors (Lipinski definition) is 3. The minimum Gasteiger partial charge on any atom is -0.508 e. The van der Waals surface area contributed by atoms with Crippen LogP contribution in [-0.4, -0.2) is 36.3 Å². The first-order valence-corrected chi connectivity index (χ1v) is 7.70. The summed E-state index contributed by atoms with van der Waals surface area (Å²) >= 11 is 0. The maximum absolute atomic E-state index is 12.0. The summed E-state index contributed by atoms with van der Waals surface area (Å²) in [6.07, 6.45) is 1.39. The SMILES string of the molecule is CCOc1ccc(C(=O)NCC(=O)N/N=C/c2cccc(O)c2)cc1. The number of nitrogens with one attached hydrogen (secondary N) is 2. The number of phenols is 1. The van der Waals surface area contributed by atoms with E-state index in [4.69, 9.17) is 4.74 Å². The first-order valence-electron chi connectivity index (χ1n) is 7.70. The summed E-state index contributed by atoms with van der Waals surface area (Å²) in [6, 6.07) is 13.1. The molecule has 0 saturated carbocycles. The minimum absolute atomic E-state index is 0.109. The zero-order valence-electron chi connectivity index (χ0n) is 13.7. The summed E-state index contributed by atoms with van der Waals surface area (Å²) in [5.74, 6) is -0.0400. The molecule has 0 saturated heterocycles. The van der Waals surface area contributed by atoms with E-state index in [1.54, 1.807) is 36.4 Å². The Balaban J connectivity index is 1.78. The lowest BCUT2D eigenvalue weighted by Crippen LogP contribution is -2.34. The van der Waals surface area contributed by atoms with Gasteiger partial charge in [0, 0.05) is 5.56 Å². The Labute approximate surface area is 145 Å². The third-order valence-corrected chi connectivity index (χ3v) is 3.11. The van der Waals surface area contributed by atoms with Crippen LogP contribution in [0.25, 0.3) is 0 Å². The van der Waals surface area contributed by atoms with E-state index in [0.29, 0.717) is 23.5 Å². The van der Waals surface area contributed by atoms with Crippen LogP contribution in [0.3, 0.4) is 0 Å². The van der Waals surface area contributed by atoms with Gasteiger partial charge < -0.3 is 15.2 Å². The maximum Gasteiger partial charge on any atom is 0.259 e. The largest absolute Gasteiger partial charge is 0.508 e. The van der Waals surface area contributed by atoms with Crippen LogP contribution >= 0.6 is 0 Å². The molecular weight excluding hydrogens is 322 g/mol. The molecule has 0 bridgehead atoms. The van der Waals surface area contributed by atoms with Crippen molar-refractivity contribution in [1.29, 1.82) is 0 Å². The van der Waals surface area contributed by atoms with E-state index >= 15 is 0 Å². The average molecular weight is 341 g/mol. The van der Waals surface area contributed by atoms with Gasteiger partial charge in [-0.1, -0.05) is 12.1 Å². The van der Waals surface area contributed by atoms with Gasteiger partial charge in [-0.2, -0.15) is 5.10 Å². The van der Waals surface area contributed by atoms with Gasteiger partial charge in [-0.25, -0.2) is 5.43 Å². The summed E-state index contributed by atoms with van der Waals surface area (Å²) in [4.78, 5) is 23.6. The molecule has 0 heterocycles. The number of hydrazone groups is 1. The lowest BCUT2D eigenvalue weighted by Gasteiger charge is -2.06. The highest BCUT2D eigenvalue weighted by molar-refractivity contribution is 5.96. The van der Waals surface area contributed by atoms with Gasteiger partial charge >= 0.3 is 0 Å². The van der Waals surface area contributed by atoms with Crippen molar-refractivity contribution >= 4 is 18.0 Å². The highest BCUT2D eigenvalue weighted by Crippen LogP contribution is 2.12. The first-order chi connectivity index (χ1) is 12.1. The van der Waals surface area contributed by atoms with Crippen molar-refractivity contribution in [2.75, 3.05) is 13.2 Å². The molecule has 0 aliphatic rings. The third-order valence-electron chi connectivity index (χ3n) is 3.11. The van der Waals surface area contributed by atoms with Crippen LogP contribution in [0.2, 0.25) is 0 Å². The van der Waals surface area contributed by atoms with Crippen molar-refractivity contribution in [2.24, 2.45) is 5.10 Å². The molecule has 7 heteroatoms. The molecule has 2 aromatic rings. The molecular formula is C18H19N3O4. The van der Waals surface area contributed by atoms with Gasteiger partial charge in [-0.05, 0) is 48.9 Å².